The van der Waals surface area contributed by atoms with Crippen LogP contribution in [0.25, 0.3) is 0 Å². The minimum Gasteiger partial charge on any atom is -0.492 e. The molecule has 19 heavy (non-hydrogen) atoms. The van der Waals surface area contributed by atoms with E-state index in [0.717, 1.165) is 5.69 Å². The van der Waals surface area contributed by atoms with Crippen molar-refractivity contribution in [1.82, 2.24) is 0 Å². The van der Waals surface area contributed by atoms with E-state index in [1.54, 1.807) is 12.1 Å². The van der Waals surface area contributed by atoms with Crippen LogP contribution in [0.4, 0.5) is 10.1 Å². The fraction of sp³-hybridized carbons (Fsp3) is 0.200. The van der Waals surface area contributed by atoms with Gasteiger partial charge in [-0.15, -0.1) is 0 Å². The van der Waals surface area contributed by atoms with Crippen LogP contribution in [0.5, 0.6) is 5.75 Å². The van der Waals surface area contributed by atoms with Gasteiger partial charge < -0.3 is 10.1 Å². The average Bonchev–Trinajstić information content (AvgIpc) is 2.39. The van der Waals surface area contributed by atoms with Crippen LogP contribution < -0.4 is 10.1 Å². The van der Waals surface area contributed by atoms with Gasteiger partial charge in [0.15, 0.2) is 0 Å². The highest BCUT2D eigenvalue weighted by Crippen LogP contribution is 2.20. The molecule has 0 radical (unpaired) electrons. The lowest BCUT2D eigenvalue weighted by Crippen LogP contribution is -2.11. The van der Waals surface area contributed by atoms with Gasteiger partial charge in [-0.25, -0.2) is 4.39 Å². The highest BCUT2D eigenvalue weighted by molar-refractivity contribution is 9.10. The van der Waals surface area contributed by atoms with Crippen LogP contribution in [0.2, 0.25) is 0 Å². The van der Waals surface area contributed by atoms with Crippen LogP contribution in [0, 0.1) is 12.7 Å². The highest BCUT2D eigenvalue weighted by atomic mass is 79.9. The lowest BCUT2D eigenvalue weighted by molar-refractivity contribution is 0.331. The second-order valence-corrected chi connectivity index (χ2v) is 5.07. The fourth-order valence-corrected chi connectivity index (χ4v) is 1.93. The molecule has 2 aromatic carbocycles. The van der Waals surface area contributed by atoms with Gasteiger partial charge in [-0.1, -0.05) is 12.1 Å². The SMILES string of the molecule is Cc1cccc(NCCOc2ccc(Br)c(F)c2)c1. The van der Waals surface area contributed by atoms with E-state index in [0.29, 0.717) is 23.4 Å². The molecule has 0 saturated carbocycles. The average molecular weight is 324 g/mol. The van der Waals surface area contributed by atoms with E-state index in [4.69, 9.17) is 4.74 Å². The van der Waals surface area contributed by atoms with Crippen LogP contribution >= 0.6 is 15.9 Å². The Balaban J connectivity index is 1.79. The van der Waals surface area contributed by atoms with Crippen molar-refractivity contribution < 1.29 is 9.13 Å². The third-order valence-electron chi connectivity index (χ3n) is 2.61. The van der Waals surface area contributed by atoms with Crippen LogP contribution in [-0.4, -0.2) is 13.2 Å². The number of hydrogen-bond donors (Lipinski definition) is 1. The first-order valence-electron chi connectivity index (χ1n) is 6.03. The number of nitrogens with one attached hydrogen (secondary N) is 1. The summed E-state index contributed by atoms with van der Waals surface area (Å²) in [7, 11) is 0. The van der Waals surface area contributed by atoms with E-state index in [1.807, 2.05) is 25.1 Å². The van der Waals surface area contributed by atoms with E-state index >= 15 is 0 Å². The summed E-state index contributed by atoms with van der Waals surface area (Å²) in [6, 6.07) is 12.9. The molecule has 0 atom stereocenters. The van der Waals surface area contributed by atoms with Crippen LogP contribution in [0.3, 0.4) is 0 Å². The van der Waals surface area contributed by atoms with Gasteiger partial charge in [0, 0.05) is 18.3 Å². The highest BCUT2D eigenvalue weighted by Gasteiger charge is 2.01. The van der Waals surface area contributed by atoms with Crippen LogP contribution in [-0.2, 0) is 0 Å². The van der Waals surface area contributed by atoms with E-state index in [2.05, 4.69) is 27.3 Å². The fourth-order valence-electron chi connectivity index (χ4n) is 1.69. The number of anilines is 1. The predicted molar refractivity (Wildman–Crippen MR) is 79.3 cm³/mol. The van der Waals surface area contributed by atoms with Crippen LogP contribution in [0.1, 0.15) is 5.56 Å². The standard InChI is InChI=1S/C15H15BrFNO/c1-11-3-2-4-12(9-11)18-7-8-19-13-5-6-14(16)15(17)10-13/h2-6,9-10,18H,7-8H2,1H3. The Hall–Kier alpha value is -1.55. The van der Waals surface area contributed by atoms with Gasteiger partial charge in [0.2, 0.25) is 0 Å². The Morgan fingerprint density at radius 2 is 2.05 bits per heavy atom. The predicted octanol–water partition coefficient (Wildman–Crippen LogP) is 4.39. The molecule has 0 unspecified atom stereocenters. The third-order valence-corrected chi connectivity index (χ3v) is 3.25. The van der Waals surface area contributed by atoms with E-state index in [1.165, 1.54) is 11.6 Å². The molecule has 0 amide bonds. The Morgan fingerprint density at radius 1 is 1.21 bits per heavy atom. The molecule has 4 heteroatoms. The molecule has 100 valence electrons. The maximum absolute atomic E-state index is 13.3. The Kier molecular flexibility index (Phi) is 4.80. The van der Waals surface area contributed by atoms with E-state index in [-0.39, 0.29) is 5.82 Å². The lowest BCUT2D eigenvalue weighted by Gasteiger charge is -2.09. The molecule has 1 N–H and O–H groups in total. The van der Waals surface area contributed by atoms with Crippen molar-refractivity contribution in [3.63, 3.8) is 0 Å². The van der Waals surface area contributed by atoms with Crippen molar-refractivity contribution >= 4 is 21.6 Å². The summed E-state index contributed by atoms with van der Waals surface area (Å²) in [6.45, 7) is 3.20. The van der Waals surface area contributed by atoms with Crippen molar-refractivity contribution in [1.29, 1.82) is 0 Å². The molecule has 0 saturated heterocycles. The second-order valence-electron chi connectivity index (χ2n) is 4.22. The molecule has 0 spiro atoms. The van der Waals surface area contributed by atoms with E-state index in [9.17, 15) is 4.39 Å². The van der Waals surface area contributed by atoms with Gasteiger partial charge in [0.05, 0.1) is 4.47 Å². The summed E-state index contributed by atoms with van der Waals surface area (Å²) in [4.78, 5) is 0. The largest absolute Gasteiger partial charge is 0.492 e. The topological polar surface area (TPSA) is 21.3 Å². The Bertz CT molecular complexity index is 560. The molecular formula is C15H15BrFNO. The summed E-state index contributed by atoms with van der Waals surface area (Å²) in [5.74, 6) is 0.218. The molecule has 0 aliphatic carbocycles. The normalized spacial score (nSPS) is 10.3. The van der Waals surface area contributed by atoms with Gasteiger partial charge in [-0.2, -0.15) is 0 Å². The summed E-state index contributed by atoms with van der Waals surface area (Å²) in [5.41, 5.74) is 2.27. The maximum Gasteiger partial charge on any atom is 0.141 e. The number of rotatable bonds is 5. The molecule has 0 fully saturated rings. The zero-order valence-electron chi connectivity index (χ0n) is 10.6. The van der Waals surface area contributed by atoms with Gasteiger partial charge in [0.25, 0.3) is 0 Å². The first kappa shape index (κ1) is 13.9. The number of hydrogen-bond acceptors (Lipinski definition) is 2. The zero-order valence-corrected chi connectivity index (χ0v) is 12.2. The maximum atomic E-state index is 13.3. The van der Waals surface area contributed by atoms with Crippen molar-refractivity contribution in [3.05, 3.63) is 58.3 Å². The molecule has 2 nitrogen and oxygen atoms in total. The summed E-state index contributed by atoms with van der Waals surface area (Å²) in [6.07, 6.45) is 0. The smallest absolute Gasteiger partial charge is 0.141 e. The van der Waals surface area contributed by atoms with E-state index < -0.39 is 0 Å². The molecule has 0 bridgehead atoms. The van der Waals surface area contributed by atoms with Gasteiger partial charge in [0.1, 0.15) is 18.2 Å². The monoisotopic (exact) mass is 323 g/mol. The number of aryl methyl sites for hydroxylation is 1. The van der Waals surface area contributed by atoms with Crippen LogP contribution in [0.15, 0.2) is 46.9 Å². The quantitative estimate of drug-likeness (QED) is 0.824. The first-order chi connectivity index (χ1) is 9.15. The molecule has 0 heterocycles. The van der Waals surface area contributed by atoms with Crippen molar-refractivity contribution in [2.75, 3.05) is 18.5 Å². The Morgan fingerprint density at radius 3 is 2.79 bits per heavy atom. The lowest BCUT2D eigenvalue weighted by atomic mass is 10.2. The number of halogens is 2. The van der Waals surface area contributed by atoms with Gasteiger partial charge in [-0.3, -0.25) is 0 Å². The molecule has 0 aliphatic heterocycles. The van der Waals surface area contributed by atoms with Gasteiger partial charge >= 0.3 is 0 Å². The first-order valence-corrected chi connectivity index (χ1v) is 6.83. The minimum absolute atomic E-state index is 0.316. The van der Waals surface area contributed by atoms with Gasteiger partial charge in [-0.05, 0) is 52.7 Å². The molecule has 0 aliphatic rings. The summed E-state index contributed by atoms with van der Waals surface area (Å²) in [5, 5.41) is 3.25. The van der Waals surface area contributed by atoms with Crippen molar-refractivity contribution in [2.45, 2.75) is 6.92 Å². The molecular weight excluding hydrogens is 309 g/mol. The summed E-state index contributed by atoms with van der Waals surface area (Å²) < 4.78 is 19.2. The van der Waals surface area contributed by atoms with Crippen molar-refractivity contribution in [2.24, 2.45) is 0 Å². The zero-order chi connectivity index (χ0) is 13.7. The third kappa shape index (κ3) is 4.24. The molecule has 0 aromatic heterocycles. The molecule has 2 rings (SSSR count). The number of ether oxygens (including phenoxy) is 1. The van der Waals surface area contributed by atoms with Crippen molar-refractivity contribution in [3.8, 4) is 5.75 Å². The second kappa shape index (κ2) is 6.57. The molecule has 2 aromatic rings. The Labute approximate surface area is 120 Å². The number of benzene rings is 2. The summed E-state index contributed by atoms with van der Waals surface area (Å²) >= 11 is 3.11. The minimum atomic E-state index is -0.316.